The van der Waals surface area contributed by atoms with E-state index in [-0.39, 0.29) is 18.4 Å². The average Bonchev–Trinajstić information content (AvgIpc) is 2.56. The minimum absolute atomic E-state index is 0.131. The van der Waals surface area contributed by atoms with E-state index in [9.17, 15) is 4.79 Å². The number of nitrogens with one attached hydrogen (secondary N) is 1. The zero-order valence-corrected chi connectivity index (χ0v) is 12.9. The maximum Gasteiger partial charge on any atom is 0.308 e. The summed E-state index contributed by atoms with van der Waals surface area (Å²) in [5.74, 6) is 0.588. The molecule has 0 unspecified atom stereocenters. The molecule has 116 valence electrons. The molecule has 2 aromatic rings. The normalized spacial score (nSPS) is 11.5. The van der Waals surface area contributed by atoms with E-state index in [1.165, 1.54) is 0 Å². The third-order valence-corrected chi connectivity index (χ3v) is 3.31. The second-order valence-corrected chi connectivity index (χ2v) is 4.85. The van der Waals surface area contributed by atoms with E-state index < -0.39 is 0 Å². The molecule has 0 fully saturated rings. The molecule has 0 radical (unpaired) electrons. The molecule has 0 spiro atoms. The van der Waals surface area contributed by atoms with Crippen molar-refractivity contribution in [3.05, 3.63) is 60.2 Å². The lowest BCUT2D eigenvalue weighted by Gasteiger charge is -2.20. The molecule has 1 N–H and O–H groups in total. The number of methoxy groups -OCH3 is 1. The van der Waals surface area contributed by atoms with E-state index in [1.807, 2.05) is 61.5 Å². The molecule has 0 aliphatic rings. The van der Waals surface area contributed by atoms with Crippen molar-refractivity contribution in [2.45, 2.75) is 19.4 Å². The van der Waals surface area contributed by atoms with Crippen molar-refractivity contribution >= 4 is 11.7 Å². The van der Waals surface area contributed by atoms with Gasteiger partial charge in [0.1, 0.15) is 5.75 Å². The second kappa shape index (κ2) is 8.08. The summed E-state index contributed by atoms with van der Waals surface area (Å²) >= 11 is 0. The monoisotopic (exact) mass is 299 g/mol. The van der Waals surface area contributed by atoms with Gasteiger partial charge >= 0.3 is 5.97 Å². The van der Waals surface area contributed by atoms with Crippen LogP contribution in [0.5, 0.6) is 5.75 Å². The first-order chi connectivity index (χ1) is 10.7. The number of carbonyl (C=O) groups excluding carboxylic acids is 1. The molecule has 4 nitrogen and oxygen atoms in total. The standard InChI is InChI=1S/C18H21NO3/c1-3-22-18(20)13-17(14-7-5-4-6-8-14)19-15-9-11-16(21-2)12-10-15/h4-12,17,19H,3,13H2,1-2H3/t17-/m0/s1. The van der Waals surface area contributed by atoms with E-state index in [2.05, 4.69) is 5.32 Å². The van der Waals surface area contributed by atoms with Crippen LogP contribution in [0.25, 0.3) is 0 Å². The van der Waals surface area contributed by atoms with Crippen LogP contribution in [0.15, 0.2) is 54.6 Å². The predicted molar refractivity (Wildman–Crippen MR) is 87.0 cm³/mol. The predicted octanol–water partition coefficient (Wildman–Crippen LogP) is 3.80. The first kappa shape index (κ1) is 15.9. The van der Waals surface area contributed by atoms with Crippen LogP contribution < -0.4 is 10.1 Å². The highest BCUT2D eigenvalue weighted by Crippen LogP contribution is 2.24. The molecular weight excluding hydrogens is 278 g/mol. The number of anilines is 1. The summed E-state index contributed by atoms with van der Waals surface area (Å²) in [6, 6.07) is 17.4. The fourth-order valence-corrected chi connectivity index (χ4v) is 2.21. The lowest BCUT2D eigenvalue weighted by Crippen LogP contribution is -2.17. The molecule has 0 amide bonds. The zero-order valence-electron chi connectivity index (χ0n) is 12.9. The number of hydrogen-bond donors (Lipinski definition) is 1. The molecule has 1 atom stereocenters. The molecule has 4 heteroatoms. The molecule has 0 bridgehead atoms. The number of benzene rings is 2. The van der Waals surface area contributed by atoms with Gasteiger partial charge in [-0.2, -0.15) is 0 Å². The first-order valence-electron chi connectivity index (χ1n) is 7.34. The molecule has 2 aromatic carbocycles. The number of hydrogen-bond acceptors (Lipinski definition) is 4. The van der Waals surface area contributed by atoms with Crippen LogP contribution in [0.2, 0.25) is 0 Å². The van der Waals surface area contributed by atoms with Crippen LogP contribution in [-0.4, -0.2) is 19.7 Å². The van der Waals surface area contributed by atoms with Gasteiger partial charge < -0.3 is 14.8 Å². The SMILES string of the molecule is CCOC(=O)C[C@H](Nc1ccc(OC)cc1)c1ccccc1. The quantitative estimate of drug-likeness (QED) is 0.790. The van der Waals surface area contributed by atoms with Gasteiger partial charge in [0.15, 0.2) is 0 Å². The Morgan fingerprint density at radius 3 is 2.36 bits per heavy atom. The molecule has 0 saturated carbocycles. The first-order valence-corrected chi connectivity index (χ1v) is 7.34. The molecule has 22 heavy (non-hydrogen) atoms. The highest BCUT2D eigenvalue weighted by atomic mass is 16.5. The largest absolute Gasteiger partial charge is 0.497 e. The summed E-state index contributed by atoms with van der Waals surface area (Å²) in [4.78, 5) is 11.8. The number of ether oxygens (including phenoxy) is 2. The molecule has 0 saturated heterocycles. The second-order valence-electron chi connectivity index (χ2n) is 4.85. The highest BCUT2D eigenvalue weighted by Gasteiger charge is 2.16. The van der Waals surface area contributed by atoms with Crippen LogP contribution in [0.3, 0.4) is 0 Å². The van der Waals surface area contributed by atoms with Crippen LogP contribution in [0, 0.1) is 0 Å². The van der Waals surface area contributed by atoms with E-state index in [0.717, 1.165) is 17.0 Å². The third-order valence-electron chi connectivity index (χ3n) is 3.31. The van der Waals surface area contributed by atoms with E-state index in [1.54, 1.807) is 7.11 Å². The molecule has 0 aliphatic carbocycles. The molecule has 0 aromatic heterocycles. The third kappa shape index (κ3) is 4.52. The fourth-order valence-electron chi connectivity index (χ4n) is 2.21. The Hall–Kier alpha value is -2.49. The smallest absolute Gasteiger partial charge is 0.308 e. The van der Waals surface area contributed by atoms with Gasteiger partial charge in [-0.25, -0.2) is 0 Å². The molecule has 0 heterocycles. The van der Waals surface area contributed by atoms with Gasteiger partial charge in [-0.1, -0.05) is 30.3 Å². The van der Waals surface area contributed by atoms with Crippen molar-refractivity contribution in [2.24, 2.45) is 0 Å². The van der Waals surface area contributed by atoms with Crippen LogP contribution in [-0.2, 0) is 9.53 Å². The van der Waals surface area contributed by atoms with Crippen molar-refractivity contribution in [1.29, 1.82) is 0 Å². The zero-order chi connectivity index (χ0) is 15.8. The maximum atomic E-state index is 11.8. The van der Waals surface area contributed by atoms with Gasteiger partial charge in [0.25, 0.3) is 0 Å². The fraction of sp³-hybridized carbons (Fsp3) is 0.278. The Kier molecular flexibility index (Phi) is 5.83. The van der Waals surface area contributed by atoms with Crippen molar-refractivity contribution in [1.82, 2.24) is 0 Å². The number of esters is 1. The summed E-state index contributed by atoms with van der Waals surface area (Å²) in [5.41, 5.74) is 1.98. The van der Waals surface area contributed by atoms with Gasteiger partial charge in [0.2, 0.25) is 0 Å². The minimum Gasteiger partial charge on any atom is -0.497 e. The summed E-state index contributed by atoms with van der Waals surface area (Å²) in [5, 5.41) is 3.38. The Labute approximate surface area is 131 Å². The maximum absolute atomic E-state index is 11.8. The number of rotatable bonds is 7. The average molecular weight is 299 g/mol. The van der Waals surface area contributed by atoms with E-state index >= 15 is 0 Å². The van der Waals surface area contributed by atoms with Crippen LogP contribution >= 0.6 is 0 Å². The Balaban J connectivity index is 2.14. The van der Waals surface area contributed by atoms with Crippen molar-refractivity contribution in [3.63, 3.8) is 0 Å². The topological polar surface area (TPSA) is 47.6 Å². The summed E-state index contributed by atoms with van der Waals surface area (Å²) in [6.45, 7) is 2.20. The molecule has 0 aliphatic heterocycles. The van der Waals surface area contributed by atoms with Gasteiger partial charge in [-0.3, -0.25) is 4.79 Å². The van der Waals surface area contributed by atoms with Gasteiger partial charge in [0, 0.05) is 5.69 Å². The highest BCUT2D eigenvalue weighted by molar-refractivity contribution is 5.71. The van der Waals surface area contributed by atoms with Crippen LogP contribution in [0.4, 0.5) is 5.69 Å². The molecule has 2 rings (SSSR count). The minimum atomic E-state index is -0.211. The van der Waals surface area contributed by atoms with Crippen molar-refractivity contribution in [3.8, 4) is 5.75 Å². The number of carbonyl (C=O) groups is 1. The summed E-state index contributed by atoms with van der Waals surface area (Å²) in [7, 11) is 1.63. The van der Waals surface area contributed by atoms with Crippen LogP contribution in [0.1, 0.15) is 24.9 Å². The molecular formula is C18H21NO3. The van der Waals surface area contributed by atoms with Crippen molar-refractivity contribution in [2.75, 3.05) is 19.0 Å². The van der Waals surface area contributed by atoms with E-state index in [0.29, 0.717) is 6.61 Å². The van der Waals surface area contributed by atoms with Gasteiger partial charge in [0.05, 0.1) is 26.2 Å². The van der Waals surface area contributed by atoms with Gasteiger partial charge in [-0.05, 0) is 36.8 Å². The van der Waals surface area contributed by atoms with E-state index in [4.69, 9.17) is 9.47 Å². The Morgan fingerprint density at radius 2 is 1.77 bits per heavy atom. The lowest BCUT2D eigenvalue weighted by atomic mass is 10.0. The van der Waals surface area contributed by atoms with Gasteiger partial charge in [-0.15, -0.1) is 0 Å². The van der Waals surface area contributed by atoms with Crippen molar-refractivity contribution < 1.29 is 14.3 Å². The summed E-state index contributed by atoms with van der Waals surface area (Å²) < 4.78 is 10.2. The Morgan fingerprint density at radius 1 is 1.09 bits per heavy atom. The Bertz CT molecular complexity index is 581. The lowest BCUT2D eigenvalue weighted by molar-refractivity contribution is -0.143. The summed E-state index contributed by atoms with van der Waals surface area (Å²) in [6.07, 6.45) is 0.282.